The van der Waals surface area contributed by atoms with Crippen LogP contribution in [0.2, 0.25) is 0 Å². The zero-order valence-corrected chi connectivity index (χ0v) is 24.2. The summed E-state index contributed by atoms with van der Waals surface area (Å²) in [5.41, 5.74) is 8.02. The molecular weight excluding hydrogens is 564 g/mol. The second kappa shape index (κ2) is 11.7. The third-order valence-electron chi connectivity index (χ3n) is 6.71. The Morgan fingerprint density at radius 3 is 2.45 bits per heavy atom. The van der Waals surface area contributed by atoms with Crippen LogP contribution in [0.25, 0.3) is 21.3 Å². The van der Waals surface area contributed by atoms with Gasteiger partial charge in [-0.1, -0.05) is 26.0 Å². The van der Waals surface area contributed by atoms with Gasteiger partial charge in [-0.05, 0) is 55.2 Å². The quantitative estimate of drug-likeness (QED) is 0.200. The number of thiophene rings is 1. The SMILES string of the molecule is CCn1cc(-c2cc(C(F)F)nc3sc(C(N)=O)c(NC(=O)c4ccn(COc5ccc(C(C)C)cc5)n4)c23)c(C)n1. The number of rotatable bonds is 10. The molecule has 0 radical (unpaired) electrons. The van der Waals surface area contributed by atoms with Crippen molar-refractivity contribution in [3.63, 3.8) is 0 Å². The van der Waals surface area contributed by atoms with Gasteiger partial charge in [0.15, 0.2) is 12.4 Å². The van der Waals surface area contributed by atoms with Crippen LogP contribution in [0.15, 0.2) is 48.8 Å². The highest BCUT2D eigenvalue weighted by atomic mass is 32.1. The van der Waals surface area contributed by atoms with Crippen molar-refractivity contribution in [2.24, 2.45) is 5.73 Å². The van der Waals surface area contributed by atoms with Crippen LogP contribution in [0.5, 0.6) is 5.75 Å². The van der Waals surface area contributed by atoms with Gasteiger partial charge in [0, 0.05) is 29.9 Å². The number of nitrogens with zero attached hydrogens (tertiary/aromatic N) is 5. The summed E-state index contributed by atoms with van der Waals surface area (Å²) in [5, 5.41) is 11.8. The minimum Gasteiger partial charge on any atom is -0.471 e. The number of anilines is 1. The van der Waals surface area contributed by atoms with E-state index in [-0.39, 0.29) is 27.8 Å². The van der Waals surface area contributed by atoms with Gasteiger partial charge in [0.05, 0.1) is 11.4 Å². The lowest BCUT2D eigenvalue weighted by Crippen LogP contribution is -2.18. The molecule has 4 heterocycles. The van der Waals surface area contributed by atoms with Crippen LogP contribution in [-0.2, 0) is 13.3 Å². The van der Waals surface area contributed by atoms with E-state index in [0.717, 1.165) is 11.3 Å². The van der Waals surface area contributed by atoms with E-state index in [1.54, 1.807) is 24.0 Å². The molecule has 0 atom stereocenters. The Morgan fingerprint density at radius 1 is 1.10 bits per heavy atom. The van der Waals surface area contributed by atoms with E-state index >= 15 is 0 Å². The molecule has 4 aromatic heterocycles. The minimum absolute atomic E-state index is 0.0216. The highest BCUT2D eigenvalue weighted by molar-refractivity contribution is 7.21. The van der Waals surface area contributed by atoms with Crippen LogP contribution in [-0.4, -0.2) is 36.4 Å². The maximum absolute atomic E-state index is 13.8. The Kier molecular flexibility index (Phi) is 8.03. The Bertz CT molecular complexity index is 1770. The number of nitrogens with one attached hydrogen (secondary N) is 1. The second-order valence-corrected chi connectivity index (χ2v) is 10.9. The van der Waals surface area contributed by atoms with Gasteiger partial charge in [-0.25, -0.2) is 18.4 Å². The van der Waals surface area contributed by atoms with Crippen LogP contribution in [0.3, 0.4) is 0 Å². The molecule has 0 saturated heterocycles. The van der Waals surface area contributed by atoms with E-state index in [9.17, 15) is 18.4 Å². The number of hydrogen-bond acceptors (Lipinski definition) is 7. The topological polar surface area (TPSA) is 130 Å². The lowest BCUT2D eigenvalue weighted by molar-refractivity contribution is 0.100. The molecule has 0 aliphatic heterocycles. The second-order valence-electron chi connectivity index (χ2n) is 9.92. The number of amides is 2. The van der Waals surface area contributed by atoms with Gasteiger partial charge in [-0.2, -0.15) is 10.2 Å². The van der Waals surface area contributed by atoms with Crippen molar-refractivity contribution in [1.82, 2.24) is 24.5 Å². The predicted molar refractivity (Wildman–Crippen MR) is 156 cm³/mol. The maximum atomic E-state index is 13.8. The number of halogens is 2. The number of carbonyl (C=O) groups is 2. The Hall–Kier alpha value is -4.65. The number of benzene rings is 1. The van der Waals surface area contributed by atoms with Crippen molar-refractivity contribution < 1.29 is 23.1 Å². The van der Waals surface area contributed by atoms with Gasteiger partial charge < -0.3 is 15.8 Å². The fourth-order valence-corrected chi connectivity index (χ4v) is 5.51. The summed E-state index contributed by atoms with van der Waals surface area (Å²) in [5.74, 6) is -0.400. The largest absolute Gasteiger partial charge is 0.471 e. The number of pyridine rings is 1. The van der Waals surface area contributed by atoms with E-state index in [4.69, 9.17) is 10.5 Å². The summed E-state index contributed by atoms with van der Waals surface area (Å²) in [6.07, 6.45) is 0.457. The molecule has 5 rings (SSSR count). The smallest absolute Gasteiger partial charge is 0.280 e. The van der Waals surface area contributed by atoms with Gasteiger partial charge >= 0.3 is 0 Å². The average molecular weight is 594 g/mol. The van der Waals surface area contributed by atoms with Crippen LogP contribution in [0, 0.1) is 6.92 Å². The molecule has 1 aromatic carbocycles. The van der Waals surface area contributed by atoms with Crippen LogP contribution in [0.4, 0.5) is 14.5 Å². The summed E-state index contributed by atoms with van der Waals surface area (Å²) in [4.78, 5) is 30.0. The molecule has 0 bridgehead atoms. The first-order valence-electron chi connectivity index (χ1n) is 13.2. The molecule has 0 unspecified atom stereocenters. The average Bonchev–Trinajstić information content (AvgIpc) is 3.68. The van der Waals surface area contributed by atoms with Crippen molar-refractivity contribution in [2.75, 3.05) is 5.32 Å². The molecule has 218 valence electrons. The van der Waals surface area contributed by atoms with E-state index < -0.39 is 23.9 Å². The Labute approximate surface area is 244 Å². The normalized spacial score (nSPS) is 11.5. The monoisotopic (exact) mass is 593 g/mol. The lowest BCUT2D eigenvalue weighted by Gasteiger charge is -2.10. The first-order chi connectivity index (χ1) is 20.0. The Balaban J connectivity index is 1.47. The number of alkyl halides is 2. The molecule has 10 nitrogen and oxygen atoms in total. The van der Waals surface area contributed by atoms with Gasteiger partial charge in [0.1, 0.15) is 21.2 Å². The minimum atomic E-state index is -2.86. The van der Waals surface area contributed by atoms with Crippen LogP contribution < -0.4 is 15.8 Å². The van der Waals surface area contributed by atoms with Crippen molar-refractivity contribution in [3.05, 3.63) is 76.3 Å². The molecule has 0 fully saturated rings. The highest BCUT2D eigenvalue weighted by Crippen LogP contribution is 2.43. The highest BCUT2D eigenvalue weighted by Gasteiger charge is 2.27. The number of primary amides is 1. The summed E-state index contributed by atoms with van der Waals surface area (Å²) < 4.78 is 36.6. The summed E-state index contributed by atoms with van der Waals surface area (Å²) in [6.45, 7) is 8.49. The van der Waals surface area contributed by atoms with Gasteiger partial charge in [-0.15, -0.1) is 11.3 Å². The van der Waals surface area contributed by atoms with Crippen molar-refractivity contribution in [3.8, 4) is 16.9 Å². The van der Waals surface area contributed by atoms with Crippen LogP contribution in [0.1, 0.15) is 70.2 Å². The maximum Gasteiger partial charge on any atom is 0.280 e. The van der Waals surface area contributed by atoms with Gasteiger partial charge in [0.25, 0.3) is 18.2 Å². The molecule has 0 spiro atoms. The molecular formula is C29H29F2N7O3S. The number of aromatic nitrogens is 5. The fourth-order valence-electron chi connectivity index (χ4n) is 4.50. The van der Waals surface area contributed by atoms with E-state index in [2.05, 4.69) is 34.3 Å². The third-order valence-corrected chi connectivity index (χ3v) is 7.81. The third kappa shape index (κ3) is 5.73. The van der Waals surface area contributed by atoms with E-state index in [1.807, 2.05) is 31.2 Å². The summed E-state index contributed by atoms with van der Waals surface area (Å²) in [7, 11) is 0. The first-order valence-corrected chi connectivity index (χ1v) is 14.0. The number of fused-ring (bicyclic) bond motifs is 1. The standard InChI is InChI=1S/C29H29F2N7O3S/c1-5-37-13-20(16(4)35-37)19-12-22(26(30)31)33-29-23(19)24(25(42-29)27(32)39)34-28(40)21-10-11-38(36-21)14-41-18-8-6-17(7-9-18)15(2)3/h6-13,15,26H,5,14H2,1-4H3,(H2,32,39)(H,34,40). The van der Waals surface area contributed by atoms with Crippen molar-refractivity contribution in [1.29, 1.82) is 0 Å². The fraction of sp³-hybridized carbons (Fsp3) is 0.276. The molecule has 2 amide bonds. The number of aryl methyl sites for hydroxylation is 2. The summed E-state index contributed by atoms with van der Waals surface area (Å²) in [6, 6.07) is 10.5. The zero-order chi connectivity index (χ0) is 30.1. The zero-order valence-electron chi connectivity index (χ0n) is 23.4. The Morgan fingerprint density at radius 2 is 1.83 bits per heavy atom. The summed E-state index contributed by atoms with van der Waals surface area (Å²) >= 11 is 0.835. The molecule has 0 saturated carbocycles. The predicted octanol–water partition coefficient (Wildman–Crippen LogP) is 6.13. The lowest BCUT2D eigenvalue weighted by atomic mass is 10.0. The molecule has 3 N–H and O–H groups in total. The molecule has 0 aliphatic rings. The number of nitrogens with two attached hydrogens (primary N) is 1. The van der Waals surface area contributed by atoms with Crippen molar-refractivity contribution in [2.45, 2.75) is 53.3 Å². The molecule has 42 heavy (non-hydrogen) atoms. The number of hydrogen-bond donors (Lipinski definition) is 2. The van der Waals surface area contributed by atoms with Gasteiger partial charge in [0.2, 0.25) is 0 Å². The van der Waals surface area contributed by atoms with Crippen LogP contribution >= 0.6 is 11.3 Å². The first kappa shape index (κ1) is 28.9. The van der Waals surface area contributed by atoms with Crippen molar-refractivity contribution >= 4 is 39.1 Å². The number of ether oxygens (including phenoxy) is 1. The van der Waals surface area contributed by atoms with E-state index in [0.29, 0.717) is 40.4 Å². The van der Waals surface area contributed by atoms with E-state index in [1.165, 1.54) is 22.4 Å². The molecule has 0 aliphatic carbocycles. The molecule has 5 aromatic rings. The van der Waals surface area contributed by atoms with Gasteiger partial charge in [-0.3, -0.25) is 14.3 Å². The number of carbonyl (C=O) groups excluding carboxylic acids is 2. The molecule has 13 heteroatoms.